The predicted octanol–water partition coefficient (Wildman–Crippen LogP) is -1.30. The van der Waals surface area contributed by atoms with Gasteiger partial charge in [0.1, 0.15) is 11.7 Å². The molecule has 3 heterocycles. The van der Waals surface area contributed by atoms with Crippen molar-refractivity contribution in [1.29, 1.82) is 0 Å². The van der Waals surface area contributed by atoms with Gasteiger partial charge in [0, 0.05) is 11.8 Å². The summed E-state index contributed by atoms with van der Waals surface area (Å²) in [5.41, 5.74) is -6.05. The van der Waals surface area contributed by atoms with Crippen LogP contribution in [0.5, 0.6) is 0 Å². The molecule has 5 N–H and O–H groups in total. The predicted molar refractivity (Wildman–Crippen MR) is 72.3 cm³/mol. The highest BCUT2D eigenvalue weighted by Gasteiger charge is 2.86. The summed E-state index contributed by atoms with van der Waals surface area (Å²) in [5, 5.41) is 54.7. The first-order valence-corrected chi connectivity index (χ1v) is 7.87. The van der Waals surface area contributed by atoms with E-state index in [4.69, 9.17) is 9.47 Å². The highest BCUT2D eigenvalue weighted by molar-refractivity contribution is 5.31. The molecule has 2 saturated carbocycles. The average molecular weight is 316 g/mol. The first-order chi connectivity index (χ1) is 10.1. The Morgan fingerprint density at radius 2 is 1.91 bits per heavy atom. The van der Waals surface area contributed by atoms with Crippen LogP contribution >= 0.6 is 0 Å². The van der Waals surface area contributed by atoms with E-state index < -0.39 is 46.8 Å². The van der Waals surface area contributed by atoms with Gasteiger partial charge in [0.05, 0.1) is 24.2 Å². The van der Waals surface area contributed by atoms with Crippen molar-refractivity contribution in [2.24, 2.45) is 16.7 Å². The summed E-state index contributed by atoms with van der Waals surface area (Å²) in [4.78, 5) is 0. The summed E-state index contributed by atoms with van der Waals surface area (Å²) in [6.45, 7) is 2.52. The van der Waals surface area contributed by atoms with Gasteiger partial charge in [0.15, 0.2) is 12.1 Å². The third-order valence-corrected chi connectivity index (χ3v) is 7.47. The largest absolute Gasteiger partial charge is 0.395 e. The first kappa shape index (κ1) is 15.3. The van der Waals surface area contributed by atoms with E-state index in [9.17, 15) is 25.5 Å². The van der Waals surface area contributed by atoms with Crippen molar-refractivity contribution >= 4 is 0 Å². The molecule has 7 nitrogen and oxygen atoms in total. The molecule has 8 unspecified atom stereocenters. The Labute approximate surface area is 128 Å². The number of rotatable bonds is 1. The molecule has 3 saturated heterocycles. The SMILES string of the molecule is CC1CCC2(O)C13CC1(O)OC(OCC2(CO)C1(C)O)C3O. The van der Waals surface area contributed by atoms with Crippen LogP contribution in [0, 0.1) is 16.7 Å². The van der Waals surface area contributed by atoms with Gasteiger partial charge >= 0.3 is 0 Å². The molecular formula is C15H24O7. The van der Waals surface area contributed by atoms with E-state index in [0.717, 1.165) is 0 Å². The van der Waals surface area contributed by atoms with Crippen LogP contribution in [0.4, 0.5) is 0 Å². The lowest BCUT2D eigenvalue weighted by atomic mass is 9.43. The summed E-state index contributed by atoms with van der Waals surface area (Å²) in [7, 11) is 0. The lowest BCUT2D eigenvalue weighted by Crippen LogP contribution is -2.84. The van der Waals surface area contributed by atoms with Crippen molar-refractivity contribution in [2.45, 2.75) is 62.5 Å². The van der Waals surface area contributed by atoms with Crippen LogP contribution in [-0.4, -0.2) is 68.1 Å². The lowest BCUT2D eigenvalue weighted by molar-refractivity contribution is -0.452. The van der Waals surface area contributed by atoms with Gasteiger partial charge in [-0.1, -0.05) is 6.92 Å². The standard InChI is InChI=1S/C15H24O7/c1-8-3-4-14(19)12(6-16)7-21-10-9(17)13(8,14)5-15(20,22-10)11(12,2)18/h8-10,16-20H,3-7H2,1-2H3. The quantitative estimate of drug-likeness (QED) is 0.408. The van der Waals surface area contributed by atoms with Crippen LogP contribution in [0.2, 0.25) is 0 Å². The fourth-order valence-corrected chi connectivity index (χ4v) is 5.91. The molecule has 0 aromatic carbocycles. The van der Waals surface area contributed by atoms with E-state index in [1.54, 1.807) is 0 Å². The molecule has 1 spiro atoms. The smallest absolute Gasteiger partial charge is 0.199 e. The number of hydrogen-bond donors (Lipinski definition) is 5. The molecule has 5 aliphatic rings. The van der Waals surface area contributed by atoms with Gasteiger partial charge in [0.2, 0.25) is 0 Å². The van der Waals surface area contributed by atoms with Crippen LogP contribution in [0.1, 0.15) is 33.1 Å². The van der Waals surface area contributed by atoms with Gasteiger partial charge in [-0.3, -0.25) is 0 Å². The summed E-state index contributed by atoms with van der Waals surface area (Å²) in [6.07, 6.45) is -1.39. The molecule has 22 heavy (non-hydrogen) atoms. The second kappa shape index (κ2) is 3.85. The maximum absolute atomic E-state index is 11.6. The van der Waals surface area contributed by atoms with Gasteiger partial charge in [-0.2, -0.15) is 0 Å². The molecule has 4 bridgehead atoms. The number of aliphatic hydroxyl groups excluding tert-OH is 2. The van der Waals surface area contributed by atoms with Crippen LogP contribution < -0.4 is 0 Å². The zero-order valence-electron chi connectivity index (χ0n) is 12.8. The molecule has 0 amide bonds. The van der Waals surface area contributed by atoms with Crippen LogP contribution in [-0.2, 0) is 9.47 Å². The Morgan fingerprint density at radius 1 is 1.23 bits per heavy atom. The molecule has 0 aromatic heterocycles. The number of ether oxygens (including phenoxy) is 2. The maximum Gasteiger partial charge on any atom is 0.199 e. The number of aliphatic hydroxyl groups is 5. The first-order valence-electron chi connectivity index (χ1n) is 7.87. The van der Waals surface area contributed by atoms with Crippen molar-refractivity contribution in [3.05, 3.63) is 0 Å². The summed E-state index contributed by atoms with van der Waals surface area (Å²) in [6, 6.07) is 0. The van der Waals surface area contributed by atoms with Gasteiger partial charge in [-0.05, 0) is 25.7 Å². The van der Waals surface area contributed by atoms with Crippen molar-refractivity contribution < 1.29 is 35.0 Å². The van der Waals surface area contributed by atoms with E-state index >= 15 is 0 Å². The number of hydrogen-bond acceptors (Lipinski definition) is 7. The van der Waals surface area contributed by atoms with E-state index in [2.05, 4.69) is 0 Å². The van der Waals surface area contributed by atoms with E-state index in [-0.39, 0.29) is 18.9 Å². The second-order valence-electron chi connectivity index (χ2n) is 7.86. The minimum atomic E-state index is -1.99. The molecular weight excluding hydrogens is 292 g/mol. The Kier molecular flexibility index (Phi) is 2.67. The fraction of sp³-hybridized carbons (Fsp3) is 1.00. The van der Waals surface area contributed by atoms with Gasteiger partial charge in [0.25, 0.3) is 0 Å². The summed E-state index contributed by atoms with van der Waals surface area (Å²) in [5.74, 6) is -2.09. The van der Waals surface area contributed by atoms with Crippen LogP contribution in [0.25, 0.3) is 0 Å². The fourth-order valence-electron chi connectivity index (χ4n) is 5.91. The van der Waals surface area contributed by atoms with E-state index in [0.29, 0.717) is 12.8 Å². The minimum absolute atomic E-state index is 0.0898. The number of fused-ring (bicyclic) bond motifs is 1. The molecule has 2 aliphatic carbocycles. The van der Waals surface area contributed by atoms with Crippen molar-refractivity contribution in [3.8, 4) is 0 Å². The normalized spacial score (nSPS) is 66.4. The third kappa shape index (κ3) is 1.14. The molecule has 5 fully saturated rings. The molecule has 0 aromatic rings. The van der Waals surface area contributed by atoms with E-state index in [1.807, 2.05) is 6.92 Å². The van der Waals surface area contributed by atoms with Crippen molar-refractivity contribution in [2.75, 3.05) is 13.2 Å². The molecule has 5 rings (SSSR count). The van der Waals surface area contributed by atoms with Gasteiger partial charge < -0.3 is 35.0 Å². The highest BCUT2D eigenvalue weighted by atomic mass is 16.8. The third-order valence-electron chi connectivity index (χ3n) is 7.47. The minimum Gasteiger partial charge on any atom is -0.395 e. The molecule has 3 aliphatic heterocycles. The average Bonchev–Trinajstić information content (AvgIpc) is 2.64. The van der Waals surface area contributed by atoms with E-state index in [1.165, 1.54) is 6.92 Å². The highest BCUT2D eigenvalue weighted by Crippen LogP contribution is 2.74. The van der Waals surface area contributed by atoms with Crippen LogP contribution in [0.3, 0.4) is 0 Å². The van der Waals surface area contributed by atoms with Crippen molar-refractivity contribution in [3.63, 3.8) is 0 Å². The summed E-state index contributed by atoms with van der Waals surface area (Å²) < 4.78 is 11.1. The zero-order valence-corrected chi connectivity index (χ0v) is 12.8. The van der Waals surface area contributed by atoms with Crippen molar-refractivity contribution in [1.82, 2.24) is 0 Å². The Balaban J connectivity index is 2.07. The molecule has 7 heteroatoms. The Hall–Kier alpha value is -0.280. The Bertz CT molecular complexity index is 524. The van der Waals surface area contributed by atoms with Gasteiger partial charge in [-0.15, -0.1) is 0 Å². The zero-order chi connectivity index (χ0) is 16.2. The maximum atomic E-state index is 11.6. The van der Waals surface area contributed by atoms with Crippen LogP contribution in [0.15, 0.2) is 0 Å². The molecule has 126 valence electrons. The van der Waals surface area contributed by atoms with Gasteiger partial charge in [-0.25, -0.2) is 0 Å². The Morgan fingerprint density at radius 3 is 2.55 bits per heavy atom. The molecule has 8 atom stereocenters. The summed E-state index contributed by atoms with van der Waals surface area (Å²) >= 11 is 0. The molecule has 0 radical (unpaired) electrons. The monoisotopic (exact) mass is 316 g/mol. The lowest BCUT2D eigenvalue weighted by Gasteiger charge is -2.69. The second-order valence-corrected chi connectivity index (χ2v) is 7.86. The topological polar surface area (TPSA) is 120 Å².